The second-order valence-electron chi connectivity index (χ2n) is 4.48. The molecule has 0 aromatic heterocycles. The highest BCUT2D eigenvalue weighted by atomic mass is 16.3. The van der Waals surface area contributed by atoms with Gasteiger partial charge >= 0.3 is 0 Å². The normalized spacial score (nSPS) is 14.2. The second kappa shape index (κ2) is 8.03. The first-order chi connectivity index (χ1) is 7.84. The fraction of sp³-hybridized carbons (Fsp3) is 0.818. The molecule has 0 saturated carbocycles. The van der Waals surface area contributed by atoms with Crippen molar-refractivity contribution in [3.8, 4) is 0 Å². The lowest BCUT2D eigenvalue weighted by Gasteiger charge is -2.15. The molecule has 1 unspecified atom stereocenters. The summed E-state index contributed by atoms with van der Waals surface area (Å²) in [6.45, 7) is 5.64. The Labute approximate surface area is 102 Å². The van der Waals surface area contributed by atoms with Crippen molar-refractivity contribution < 1.29 is 14.7 Å². The van der Waals surface area contributed by atoms with E-state index in [9.17, 15) is 9.59 Å². The molecule has 0 spiro atoms. The van der Waals surface area contributed by atoms with Crippen LogP contribution in [0.25, 0.3) is 0 Å². The number of amides is 2. The van der Waals surface area contributed by atoms with Gasteiger partial charge in [-0.15, -0.1) is 0 Å². The first-order valence-corrected chi connectivity index (χ1v) is 5.82. The number of hydrogen-bond donors (Lipinski definition) is 4. The molecule has 0 aliphatic heterocycles. The van der Waals surface area contributed by atoms with Gasteiger partial charge in [-0.05, 0) is 19.3 Å². The number of nitrogens with one attached hydrogen (secondary N) is 2. The Bertz CT molecular complexity index is 254. The van der Waals surface area contributed by atoms with E-state index in [4.69, 9.17) is 10.8 Å². The number of aliphatic hydroxyl groups excluding tert-OH is 1. The first kappa shape index (κ1) is 15.9. The minimum Gasteiger partial charge on any atom is -0.393 e. The molecular weight excluding hydrogens is 222 g/mol. The SMILES string of the molecule is CC(O)CCNC(=O)CNC(=O)[C@@H](N)C(C)C. The van der Waals surface area contributed by atoms with Gasteiger partial charge in [-0.3, -0.25) is 9.59 Å². The predicted molar refractivity (Wildman–Crippen MR) is 65.1 cm³/mol. The molecule has 17 heavy (non-hydrogen) atoms. The molecule has 0 bridgehead atoms. The van der Waals surface area contributed by atoms with Crippen LogP contribution in [0, 0.1) is 5.92 Å². The van der Waals surface area contributed by atoms with Crippen LogP contribution in [-0.2, 0) is 9.59 Å². The van der Waals surface area contributed by atoms with E-state index in [1.54, 1.807) is 6.92 Å². The number of carbonyl (C=O) groups is 2. The topological polar surface area (TPSA) is 104 Å². The van der Waals surface area contributed by atoms with Crippen LogP contribution >= 0.6 is 0 Å². The maximum absolute atomic E-state index is 11.4. The van der Waals surface area contributed by atoms with Crippen molar-refractivity contribution >= 4 is 11.8 Å². The van der Waals surface area contributed by atoms with Gasteiger partial charge in [0.25, 0.3) is 0 Å². The monoisotopic (exact) mass is 245 g/mol. The molecule has 2 amide bonds. The molecule has 0 aliphatic rings. The maximum atomic E-state index is 11.4. The fourth-order valence-electron chi connectivity index (χ4n) is 1.07. The number of hydrogen-bond acceptors (Lipinski definition) is 4. The van der Waals surface area contributed by atoms with Crippen LogP contribution in [0.4, 0.5) is 0 Å². The molecular formula is C11H23N3O3. The zero-order chi connectivity index (χ0) is 13.4. The highest BCUT2D eigenvalue weighted by Crippen LogP contribution is 1.97. The lowest BCUT2D eigenvalue weighted by Crippen LogP contribution is -2.47. The minimum atomic E-state index is -0.597. The van der Waals surface area contributed by atoms with Crippen LogP contribution in [0.5, 0.6) is 0 Å². The summed E-state index contributed by atoms with van der Waals surface area (Å²) >= 11 is 0. The van der Waals surface area contributed by atoms with Crippen LogP contribution in [0.2, 0.25) is 0 Å². The molecule has 0 aromatic rings. The zero-order valence-electron chi connectivity index (χ0n) is 10.7. The van der Waals surface area contributed by atoms with Gasteiger partial charge in [-0.25, -0.2) is 0 Å². The lowest BCUT2D eigenvalue weighted by molar-refractivity contribution is -0.127. The summed E-state index contributed by atoms with van der Waals surface area (Å²) in [5.41, 5.74) is 5.61. The average molecular weight is 245 g/mol. The van der Waals surface area contributed by atoms with Crippen molar-refractivity contribution in [2.24, 2.45) is 11.7 Å². The first-order valence-electron chi connectivity index (χ1n) is 5.82. The molecule has 0 fully saturated rings. The van der Waals surface area contributed by atoms with E-state index in [1.165, 1.54) is 0 Å². The van der Waals surface area contributed by atoms with Crippen molar-refractivity contribution in [1.29, 1.82) is 0 Å². The third-order valence-electron chi connectivity index (χ3n) is 2.33. The third kappa shape index (κ3) is 7.70. The summed E-state index contributed by atoms with van der Waals surface area (Å²) in [4.78, 5) is 22.7. The molecule has 5 N–H and O–H groups in total. The van der Waals surface area contributed by atoms with Crippen LogP contribution < -0.4 is 16.4 Å². The largest absolute Gasteiger partial charge is 0.393 e. The van der Waals surface area contributed by atoms with Crippen LogP contribution in [0.1, 0.15) is 27.2 Å². The van der Waals surface area contributed by atoms with Crippen molar-refractivity contribution in [3.05, 3.63) is 0 Å². The summed E-state index contributed by atoms with van der Waals surface area (Å²) in [7, 11) is 0. The molecule has 100 valence electrons. The molecule has 6 nitrogen and oxygen atoms in total. The van der Waals surface area contributed by atoms with Crippen molar-refractivity contribution in [3.63, 3.8) is 0 Å². The van der Waals surface area contributed by atoms with Crippen LogP contribution in [-0.4, -0.2) is 42.2 Å². The van der Waals surface area contributed by atoms with Gasteiger partial charge in [0.05, 0.1) is 18.7 Å². The van der Waals surface area contributed by atoms with E-state index in [2.05, 4.69) is 10.6 Å². The fourth-order valence-corrected chi connectivity index (χ4v) is 1.07. The van der Waals surface area contributed by atoms with Gasteiger partial charge in [-0.1, -0.05) is 13.8 Å². The summed E-state index contributed by atoms with van der Waals surface area (Å²) in [6.07, 6.45) is 0.0461. The van der Waals surface area contributed by atoms with Gasteiger partial charge in [0, 0.05) is 6.54 Å². The lowest BCUT2D eigenvalue weighted by atomic mass is 10.1. The summed E-state index contributed by atoms with van der Waals surface area (Å²) in [5.74, 6) is -0.575. The van der Waals surface area contributed by atoms with E-state index in [1.807, 2.05) is 13.8 Å². The smallest absolute Gasteiger partial charge is 0.239 e. The molecule has 0 heterocycles. The Hall–Kier alpha value is -1.14. The average Bonchev–Trinajstić information content (AvgIpc) is 2.24. The molecule has 0 rings (SSSR count). The summed E-state index contributed by atoms with van der Waals surface area (Å²) in [6, 6.07) is -0.597. The highest BCUT2D eigenvalue weighted by molar-refractivity contribution is 5.87. The molecule has 6 heteroatoms. The Kier molecular flexibility index (Phi) is 7.49. The Morgan fingerprint density at radius 3 is 2.29 bits per heavy atom. The van der Waals surface area contributed by atoms with Gasteiger partial charge in [0.15, 0.2) is 0 Å². The third-order valence-corrected chi connectivity index (χ3v) is 2.33. The van der Waals surface area contributed by atoms with Crippen LogP contribution in [0.3, 0.4) is 0 Å². The minimum absolute atomic E-state index is 0.0355. The van der Waals surface area contributed by atoms with Crippen molar-refractivity contribution in [2.45, 2.75) is 39.3 Å². The standard InChI is InChI=1S/C11H23N3O3/c1-7(2)10(12)11(17)14-6-9(16)13-5-4-8(3)15/h7-8,10,15H,4-6,12H2,1-3H3,(H,13,16)(H,14,17)/t8?,10-/m0/s1. The molecule has 0 saturated heterocycles. The Morgan fingerprint density at radius 2 is 1.82 bits per heavy atom. The Balaban J connectivity index is 3.73. The van der Waals surface area contributed by atoms with Gasteiger partial charge in [0.1, 0.15) is 0 Å². The van der Waals surface area contributed by atoms with Gasteiger partial charge in [-0.2, -0.15) is 0 Å². The summed E-state index contributed by atoms with van der Waals surface area (Å²) < 4.78 is 0. The molecule has 2 atom stereocenters. The maximum Gasteiger partial charge on any atom is 0.239 e. The highest BCUT2D eigenvalue weighted by Gasteiger charge is 2.17. The number of aliphatic hydroxyl groups is 1. The molecule has 0 aromatic carbocycles. The molecule has 0 aliphatic carbocycles. The van der Waals surface area contributed by atoms with Crippen LogP contribution in [0.15, 0.2) is 0 Å². The molecule has 0 radical (unpaired) electrons. The number of carbonyl (C=O) groups excluding carboxylic acids is 2. The van der Waals surface area contributed by atoms with E-state index in [0.29, 0.717) is 13.0 Å². The zero-order valence-corrected chi connectivity index (χ0v) is 10.7. The van der Waals surface area contributed by atoms with E-state index >= 15 is 0 Å². The quantitative estimate of drug-likeness (QED) is 0.460. The number of nitrogens with two attached hydrogens (primary N) is 1. The number of rotatable bonds is 7. The second-order valence-corrected chi connectivity index (χ2v) is 4.48. The summed E-state index contributed by atoms with van der Waals surface area (Å²) in [5, 5.41) is 14.0. The Morgan fingerprint density at radius 1 is 1.24 bits per heavy atom. The van der Waals surface area contributed by atoms with Gasteiger partial charge in [0.2, 0.25) is 11.8 Å². The van der Waals surface area contributed by atoms with Crippen molar-refractivity contribution in [1.82, 2.24) is 10.6 Å². The van der Waals surface area contributed by atoms with E-state index in [-0.39, 0.29) is 24.3 Å². The van der Waals surface area contributed by atoms with Gasteiger partial charge < -0.3 is 21.5 Å². The van der Waals surface area contributed by atoms with E-state index in [0.717, 1.165) is 0 Å². The van der Waals surface area contributed by atoms with Crippen molar-refractivity contribution in [2.75, 3.05) is 13.1 Å². The predicted octanol–water partition coefficient (Wildman–Crippen LogP) is -1.03. The van der Waals surface area contributed by atoms with E-state index < -0.39 is 12.1 Å².